The second-order valence-electron chi connectivity index (χ2n) is 5.53. The van der Waals surface area contributed by atoms with Crippen LogP contribution in [0.25, 0.3) is 21.6 Å². The molecular weight excluding hydrogens is 348 g/mol. The zero-order valence-corrected chi connectivity index (χ0v) is 15.8. The molecule has 3 aromatic rings. The number of rotatable bonds is 6. The van der Waals surface area contributed by atoms with Crippen molar-refractivity contribution in [1.29, 1.82) is 0 Å². The van der Waals surface area contributed by atoms with E-state index in [1.165, 1.54) is 11.3 Å². The molecule has 0 saturated heterocycles. The van der Waals surface area contributed by atoms with Crippen LogP contribution in [0.5, 0.6) is 11.5 Å². The van der Waals surface area contributed by atoms with E-state index in [0.717, 1.165) is 33.1 Å². The van der Waals surface area contributed by atoms with Gasteiger partial charge in [-0.05, 0) is 60.5 Å². The molecule has 0 fully saturated rings. The fourth-order valence-corrected chi connectivity index (χ4v) is 3.72. The SMILES string of the molecule is CCOC(=O)c1cc(-c2ccc(OC)cc2)c(-c2ccc(OC)cc2)s1. The van der Waals surface area contributed by atoms with Gasteiger partial charge in [0.25, 0.3) is 0 Å². The highest BCUT2D eigenvalue weighted by Gasteiger charge is 2.18. The van der Waals surface area contributed by atoms with Crippen LogP contribution in [0.1, 0.15) is 16.6 Å². The van der Waals surface area contributed by atoms with Gasteiger partial charge >= 0.3 is 5.97 Å². The van der Waals surface area contributed by atoms with Crippen molar-refractivity contribution in [3.05, 3.63) is 59.5 Å². The van der Waals surface area contributed by atoms with Crippen LogP contribution in [-0.2, 0) is 4.74 Å². The third-order valence-corrected chi connectivity index (χ3v) is 5.13. The molecule has 1 heterocycles. The summed E-state index contributed by atoms with van der Waals surface area (Å²) >= 11 is 1.43. The van der Waals surface area contributed by atoms with Crippen molar-refractivity contribution in [2.75, 3.05) is 20.8 Å². The van der Waals surface area contributed by atoms with E-state index in [4.69, 9.17) is 14.2 Å². The predicted molar refractivity (Wildman–Crippen MR) is 104 cm³/mol. The Kier molecular flexibility index (Phi) is 5.58. The molecule has 0 N–H and O–H groups in total. The zero-order chi connectivity index (χ0) is 18.5. The molecular formula is C21H20O4S. The van der Waals surface area contributed by atoms with Crippen molar-refractivity contribution in [3.63, 3.8) is 0 Å². The Morgan fingerprint density at radius 2 is 1.42 bits per heavy atom. The number of thiophene rings is 1. The highest BCUT2D eigenvalue weighted by Crippen LogP contribution is 2.40. The Morgan fingerprint density at radius 1 is 0.885 bits per heavy atom. The first-order chi connectivity index (χ1) is 12.7. The van der Waals surface area contributed by atoms with Crippen LogP contribution in [0.3, 0.4) is 0 Å². The fraction of sp³-hybridized carbons (Fsp3) is 0.190. The van der Waals surface area contributed by atoms with Crippen LogP contribution >= 0.6 is 11.3 Å². The van der Waals surface area contributed by atoms with Gasteiger partial charge in [0.15, 0.2) is 0 Å². The molecule has 3 rings (SSSR count). The average Bonchev–Trinajstić information content (AvgIpc) is 3.14. The van der Waals surface area contributed by atoms with Crippen LogP contribution in [-0.4, -0.2) is 26.8 Å². The van der Waals surface area contributed by atoms with Crippen LogP contribution in [0.15, 0.2) is 54.6 Å². The van der Waals surface area contributed by atoms with Crippen LogP contribution in [0, 0.1) is 0 Å². The lowest BCUT2D eigenvalue weighted by Gasteiger charge is -2.07. The summed E-state index contributed by atoms with van der Waals surface area (Å²) in [6, 6.07) is 17.5. The largest absolute Gasteiger partial charge is 0.497 e. The summed E-state index contributed by atoms with van der Waals surface area (Å²) < 4.78 is 15.6. The van der Waals surface area contributed by atoms with E-state index in [9.17, 15) is 4.79 Å². The normalized spacial score (nSPS) is 10.4. The van der Waals surface area contributed by atoms with Gasteiger partial charge in [-0.25, -0.2) is 4.79 Å². The van der Waals surface area contributed by atoms with Gasteiger partial charge in [0.1, 0.15) is 16.4 Å². The first kappa shape index (κ1) is 18.0. The molecule has 2 aromatic carbocycles. The lowest BCUT2D eigenvalue weighted by atomic mass is 10.0. The lowest BCUT2D eigenvalue weighted by molar-refractivity contribution is 0.0532. The van der Waals surface area contributed by atoms with Crippen molar-refractivity contribution in [2.24, 2.45) is 0 Å². The molecule has 134 valence electrons. The molecule has 0 amide bonds. The molecule has 0 saturated carbocycles. The van der Waals surface area contributed by atoms with Gasteiger partial charge in [0.05, 0.1) is 20.8 Å². The number of carbonyl (C=O) groups is 1. The van der Waals surface area contributed by atoms with Gasteiger partial charge in [-0.1, -0.05) is 12.1 Å². The summed E-state index contributed by atoms with van der Waals surface area (Å²) in [5.41, 5.74) is 3.03. The number of esters is 1. The first-order valence-electron chi connectivity index (χ1n) is 8.26. The Morgan fingerprint density at radius 3 is 1.92 bits per heavy atom. The minimum absolute atomic E-state index is 0.299. The van der Waals surface area contributed by atoms with E-state index in [-0.39, 0.29) is 5.97 Å². The maximum absolute atomic E-state index is 12.2. The summed E-state index contributed by atoms with van der Waals surface area (Å²) in [5.74, 6) is 1.29. The van der Waals surface area contributed by atoms with E-state index >= 15 is 0 Å². The molecule has 0 bridgehead atoms. The summed E-state index contributed by atoms with van der Waals surface area (Å²) in [6.45, 7) is 2.16. The van der Waals surface area contributed by atoms with E-state index in [2.05, 4.69) is 0 Å². The smallest absolute Gasteiger partial charge is 0.348 e. The van der Waals surface area contributed by atoms with Gasteiger partial charge in [-0.15, -0.1) is 11.3 Å². The molecule has 0 aliphatic carbocycles. The third kappa shape index (κ3) is 3.73. The molecule has 0 aliphatic heterocycles. The lowest BCUT2D eigenvalue weighted by Crippen LogP contribution is -2.01. The molecule has 0 spiro atoms. The van der Waals surface area contributed by atoms with Crippen molar-refractivity contribution in [1.82, 2.24) is 0 Å². The first-order valence-corrected chi connectivity index (χ1v) is 9.07. The van der Waals surface area contributed by atoms with Crippen molar-refractivity contribution < 1.29 is 19.0 Å². The summed E-state index contributed by atoms with van der Waals surface area (Å²) in [4.78, 5) is 13.8. The topological polar surface area (TPSA) is 44.8 Å². The Labute approximate surface area is 157 Å². The quantitative estimate of drug-likeness (QED) is 0.556. The van der Waals surface area contributed by atoms with Crippen molar-refractivity contribution in [2.45, 2.75) is 6.92 Å². The predicted octanol–water partition coefficient (Wildman–Crippen LogP) is 5.28. The molecule has 4 nitrogen and oxygen atoms in total. The minimum Gasteiger partial charge on any atom is -0.497 e. The number of benzene rings is 2. The molecule has 0 aliphatic rings. The third-order valence-electron chi connectivity index (χ3n) is 3.96. The molecule has 0 atom stereocenters. The van der Waals surface area contributed by atoms with Crippen molar-refractivity contribution in [3.8, 4) is 33.1 Å². The van der Waals surface area contributed by atoms with Gasteiger partial charge in [0, 0.05) is 10.4 Å². The number of methoxy groups -OCH3 is 2. The number of hydrogen-bond acceptors (Lipinski definition) is 5. The zero-order valence-electron chi connectivity index (χ0n) is 14.9. The van der Waals surface area contributed by atoms with Gasteiger partial charge in [-0.2, -0.15) is 0 Å². The van der Waals surface area contributed by atoms with E-state index < -0.39 is 0 Å². The standard InChI is InChI=1S/C21H20O4S/c1-4-25-21(22)19-13-18(14-5-9-16(23-2)10-6-14)20(26-19)15-7-11-17(24-3)12-8-15/h5-13H,4H2,1-3H3. The van der Waals surface area contributed by atoms with Crippen LogP contribution < -0.4 is 9.47 Å². The number of ether oxygens (including phenoxy) is 3. The van der Waals surface area contributed by atoms with E-state index in [1.807, 2.05) is 54.6 Å². The summed E-state index contributed by atoms with van der Waals surface area (Å²) in [7, 11) is 3.28. The maximum Gasteiger partial charge on any atom is 0.348 e. The van der Waals surface area contributed by atoms with Gasteiger partial charge in [-0.3, -0.25) is 0 Å². The van der Waals surface area contributed by atoms with E-state index in [0.29, 0.717) is 11.5 Å². The minimum atomic E-state index is -0.299. The Bertz CT molecular complexity index is 814. The molecule has 5 heteroatoms. The molecule has 26 heavy (non-hydrogen) atoms. The van der Waals surface area contributed by atoms with Crippen LogP contribution in [0.4, 0.5) is 0 Å². The Balaban J connectivity index is 2.08. The monoisotopic (exact) mass is 368 g/mol. The summed E-state index contributed by atoms with van der Waals surface area (Å²) in [5, 5.41) is 0. The van der Waals surface area contributed by atoms with Crippen molar-refractivity contribution >= 4 is 17.3 Å². The molecule has 1 aromatic heterocycles. The second-order valence-corrected chi connectivity index (χ2v) is 6.58. The number of hydrogen-bond donors (Lipinski definition) is 0. The van der Waals surface area contributed by atoms with E-state index in [1.54, 1.807) is 21.1 Å². The average molecular weight is 368 g/mol. The highest BCUT2D eigenvalue weighted by molar-refractivity contribution is 7.18. The Hall–Kier alpha value is -2.79. The van der Waals surface area contributed by atoms with Gasteiger partial charge < -0.3 is 14.2 Å². The van der Waals surface area contributed by atoms with Gasteiger partial charge in [0.2, 0.25) is 0 Å². The second kappa shape index (κ2) is 8.06. The molecule has 0 unspecified atom stereocenters. The fourth-order valence-electron chi connectivity index (χ4n) is 2.64. The number of carbonyl (C=O) groups excluding carboxylic acids is 1. The summed E-state index contributed by atoms with van der Waals surface area (Å²) in [6.07, 6.45) is 0. The van der Waals surface area contributed by atoms with Crippen LogP contribution in [0.2, 0.25) is 0 Å². The maximum atomic E-state index is 12.2. The molecule has 0 radical (unpaired) electrons. The highest BCUT2D eigenvalue weighted by atomic mass is 32.1.